The normalized spacial score (nSPS) is 10.8. The van der Waals surface area contributed by atoms with E-state index in [4.69, 9.17) is 0 Å². The molecule has 0 aliphatic carbocycles. The molecular formula is C18H16IN3O2. The van der Waals surface area contributed by atoms with Crippen LogP contribution in [0.2, 0.25) is 0 Å². The van der Waals surface area contributed by atoms with Crippen LogP contribution in [0.5, 0.6) is 0 Å². The SMILES string of the molecule is CCN(Cc1nc2ccccc2c(=O)[nH]1)C(=O)c1ccccc1I. The Morgan fingerprint density at radius 1 is 1.17 bits per heavy atom. The van der Waals surface area contributed by atoms with Crippen LogP contribution in [0.3, 0.4) is 0 Å². The van der Waals surface area contributed by atoms with Gasteiger partial charge >= 0.3 is 0 Å². The minimum Gasteiger partial charge on any atom is -0.331 e. The molecule has 6 heteroatoms. The van der Waals surface area contributed by atoms with E-state index in [-0.39, 0.29) is 18.0 Å². The van der Waals surface area contributed by atoms with Crippen molar-refractivity contribution in [3.63, 3.8) is 0 Å². The van der Waals surface area contributed by atoms with Crippen molar-refractivity contribution in [2.24, 2.45) is 0 Å². The number of carbonyl (C=O) groups is 1. The highest BCUT2D eigenvalue weighted by Gasteiger charge is 2.18. The lowest BCUT2D eigenvalue weighted by Crippen LogP contribution is -2.32. The summed E-state index contributed by atoms with van der Waals surface area (Å²) in [6.45, 7) is 2.70. The Morgan fingerprint density at radius 2 is 1.88 bits per heavy atom. The molecule has 1 N–H and O–H groups in total. The summed E-state index contributed by atoms with van der Waals surface area (Å²) in [5.41, 5.74) is 1.10. The second-order valence-electron chi connectivity index (χ2n) is 5.33. The summed E-state index contributed by atoms with van der Waals surface area (Å²) in [6.07, 6.45) is 0. The number of halogens is 1. The van der Waals surface area contributed by atoms with Gasteiger partial charge in [0.15, 0.2) is 0 Å². The van der Waals surface area contributed by atoms with Gasteiger partial charge in [0, 0.05) is 10.1 Å². The number of benzene rings is 2. The highest BCUT2D eigenvalue weighted by Crippen LogP contribution is 2.15. The molecule has 0 atom stereocenters. The molecule has 0 saturated heterocycles. The first-order valence-electron chi connectivity index (χ1n) is 7.62. The quantitative estimate of drug-likeness (QED) is 0.643. The van der Waals surface area contributed by atoms with E-state index in [1.165, 1.54) is 0 Å². The predicted molar refractivity (Wildman–Crippen MR) is 102 cm³/mol. The van der Waals surface area contributed by atoms with Crippen molar-refractivity contribution in [2.45, 2.75) is 13.5 Å². The molecule has 0 radical (unpaired) electrons. The predicted octanol–water partition coefficient (Wildman–Crippen LogP) is 3.19. The van der Waals surface area contributed by atoms with Gasteiger partial charge in [0.2, 0.25) is 0 Å². The molecule has 0 aliphatic heterocycles. The summed E-state index contributed by atoms with van der Waals surface area (Å²) in [6, 6.07) is 14.6. The van der Waals surface area contributed by atoms with Crippen LogP contribution in [0.4, 0.5) is 0 Å². The summed E-state index contributed by atoms with van der Waals surface area (Å²) in [7, 11) is 0. The smallest absolute Gasteiger partial charge is 0.258 e. The summed E-state index contributed by atoms with van der Waals surface area (Å²) < 4.78 is 0.901. The van der Waals surface area contributed by atoms with E-state index in [9.17, 15) is 9.59 Å². The van der Waals surface area contributed by atoms with Gasteiger partial charge in [0.1, 0.15) is 5.82 Å². The van der Waals surface area contributed by atoms with Crippen molar-refractivity contribution in [1.82, 2.24) is 14.9 Å². The number of H-pyrrole nitrogens is 1. The van der Waals surface area contributed by atoms with E-state index in [0.717, 1.165) is 3.57 Å². The average Bonchev–Trinajstić information content (AvgIpc) is 2.59. The number of hydrogen-bond acceptors (Lipinski definition) is 3. The Morgan fingerprint density at radius 3 is 2.62 bits per heavy atom. The molecule has 0 bridgehead atoms. The number of hydrogen-bond donors (Lipinski definition) is 1. The van der Waals surface area contributed by atoms with Crippen molar-refractivity contribution in [3.8, 4) is 0 Å². The third-order valence-electron chi connectivity index (χ3n) is 3.78. The fourth-order valence-corrected chi connectivity index (χ4v) is 3.14. The highest BCUT2D eigenvalue weighted by molar-refractivity contribution is 14.1. The monoisotopic (exact) mass is 433 g/mol. The van der Waals surface area contributed by atoms with E-state index in [0.29, 0.717) is 28.8 Å². The first-order valence-corrected chi connectivity index (χ1v) is 8.69. The molecule has 122 valence electrons. The molecule has 3 aromatic rings. The van der Waals surface area contributed by atoms with Gasteiger partial charge < -0.3 is 9.88 Å². The number of rotatable bonds is 4. The maximum atomic E-state index is 12.8. The zero-order chi connectivity index (χ0) is 17.1. The zero-order valence-electron chi connectivity index (χ0n) is 13.1. The van der Waals surface area contributed by atoms with Crippen LogP contribution in [-0.2, 0) is 6.54 Å². The van der Waals surface area contributed by atoms with Crippen LogP contribution in [0, 0.1) is 3.57 Å². The fraction of sp³-hybridized carbons (Fsp3) is 0.167. The van der Waals surface area contributed by atoms with Gasteiger partial charge in [-0.05, 0) is 53.8 Å². The average molecular weight is 433 g/mol. The topological polar surface area (TPSA) is 66.1 Å². The Hall–Kier alpha value is -2.22. The number of carbonyl (C=O) groups excluding carboxylic acids is 1. The van der Waals surface area contributed by atoms with Crippen molar-refractivity contribution in [2.75, 3.05) is 6.54 Å². The molecule has 0 spiro atoms. The molecule has 5 nitrogen and oxygen atoms in total. The number of fused-ring (bicyclic) bond motifs is 1. The molecule has 0 aliphatic rings. The standard InChI is InChI=1S/C18H16IN3O2/c1-2-22(18(24)12-7-3-5-9-14(12)19)11-16-20-15-10-6-4-8-13(15)17(23)21-16/h3-10H,2,11H2,1H3,(H,20,21,23). The van der Waals surface area contributed by atoms with E-state index in [2.05, 4.69) is 32.6 Å². The second kappa shape index (κ2) is 7.12. The van der Waals surface area contributed by atoms with Gasteiger partial charge in [-0.3, -0.25) is 9.59 Å². The Bertz CT molecular complexity index is 952. The van der Waals surface area contributed by atoms with Gasteiger partial charge in [0.25, 0.3) is 11.5 Å². The summed E-state index contributed by atoms with van der Waals surface area (Å²) >= 11 is 2.15. The van der Waals surface area contributed by atoms with E-state index < -0.39 is 0 Å². The third-order valence-corrected chi connectivity index (χ3v) is 4.72. The minimum atomic E-state index is -0.187. The lowest BCUT2D eigenvalue weighted by atomic mass is 10.2. The number of nitrogens with one attached hydrogen (secondary N) is 1. The molecule has 2 aromatic carbocycles. The van der Waals surface area contributed by atoms with Crippen LogP contribution >= 0.6 is 22.6 Å². The molecule has 0 fully saturated rings. The molecule has 0 unspecified atom stereocenters. The minimum absolute atomic E-state index is 0.0710. The van der Waals surface area contributed by atoms with Crippen molar-refractivity contribution in [3.05, 3.63) is 73.8 Å². The Balaban J connectivity index is 1.92. The maximum absolute atomic E-state index is 12.8. The van der Waals surface area contributed by atoms with Crippen molar-refractivity contribution in [1.29, 1.82) is 0 Å². The molecule has 24 heavy (non-hydrogen) atoms. The lowest BCUT2D eigenvalue weighted by molar-refractivity contribution is 0.0747. The van der Waals surface area contributed by atoms with Gasteiger partial charge in [-0.1, -0.05) is 24.3 Å². The fourth-order valence-electron chi connectivity index (χ4n) is 2.52. The van der Waals surface area contributed by atoms with Crippen LogP contribution in [0.15, 0.2) is 53.3 Å². The first-order chi connectivity index (χ1) is 11.6. The number of amides is 1. The number of nitrogens with zero attached hydrogens (tertiary/aromatic N) is 2. The van der Waals surface area contributed by atoms with Crippen molar-refractivity contribution >= 4 is 39.4 Å². The molecule has 0 saturated carbocycles. The number of para-hydroxylation sites is 1. The number of aromatic nitrogens is 2. The third kappa shape index (κ3) is 3.33. The lowest BCUT2D eigenvalue weighted by Gasteiger charge is -2.21. The zero-order valence-corrected chi connectivity index (χ0v) is 15.3. The van der Waals surface area contributed by atoms with E-state index in [1.807, 2.05) is 37.3 Å². The molecule has 3 rings (SSSR count). The molecule has 1 amide bonds. The largest absolute Gasteiger partial charge is 0.331 e. The van der Waals surface area contributed by atoms with Gasteiger partial charge in [0.05, 0.1) is 23.0 Å². The van der Waals surface area contributed by atoms with Gasteiger partial charge in [-0.2, -0.15) is 0 Å². The second-order valence-corrected chi connectivity index (χ2v) is 6.49. The van der Waals surface area contributed by atoms with Crippen molar-refractivity contribution < 1.29 is 4.79 Å². The first kappa shape index (κ1) is 16.6. The van der Waals surface area contributed by atoms with E-state index in [1.54, 1.807) is 23.1 Å². The number of aromatic amines is 1. The van der Waals surface area contributed by atoms with Gasteiger partial charge in [-0.25, -0.2) is 4.98 Å². The van der Waals surface area contributed by atoms with Gasteiger partial charge in [-0.15, -0.1) is 0 Å². The van der Waals surface area contributed by atoms with Crippen LogP contribution in [0.1, 0.15) is 23.1 Å². The molecule has 1 aromatic heterocycles. The molecule has 1 heterocycles. The highest BCUT2D eigenvalue weighted by atomic mass is 127. The summed E-state index contributed by atoms with van der Waals surface area (Å²) in [4.78, 5) is 33.8. The molecular weight excluding hydrogens is 417 g/mol. The maximum Gasteiger partial charge on any atom is 0.258 e. The van der Waals surface area contributed by atoms with Crippen LogP contribution in [-0.4, -0.2) is 27.3 Å². The Labute approximate surface area is 152 Å². The van der Waals surface area contributed by atoms with Crippen LogP contribution < -0.4 is 5.56 Å². The summed E-state index contributed by atoms with van der Waals surface area (Å²) in [5.74, 6) is 0.415. The van der Waals surface area contributed by atoms with Crippen LogP contribution in [0.25, 0.3) is 10.9 Å². The Kier molecular flexibility index (Phi) is 4.94. The summed E-state index contributed by atoms with van der Waals surface area (Å²) in [5, 5.41) is 0.549. The van der Waals surface area contributed by atoms with E-state index >= 15 is 0 Å².